The van der Waals surface area contributed by atoms with E-state index >= 15 is 0 Å². The minimum absolute atomic E-state index is 0.226. The Morgan fingerprint density at radius 3 is 2.53 bits per heavy atom. The number of thioether (sulfide) groups is 1. The molecule has 5 rings (SSSR count). The molecule has 1 aliphatic heterocycles. The molecule has 0 spiro atoms. The summed E-state index contributed by atoms with van der Waals surface area (Å²) < 4.78 is 21.0. The second-order valence-corrected chi connectivity index (χ2v) is 9.82. The Hall–Kier alpha value is -3.55. The van der Waals surface area contributed by atoms with Crippen LogP contribution in [0, 0.1) is 5.82 Å². The average Bonchev–Trinajstić information content (AvgIpc) is 3.25. The van der Waals surface area contributed by atoms with Crippen molar-refractivity contribution in [3.63, 3.8) is 0 Å². The smallest absolute Gasteiger partial charge is 0.389 e. The lowest BCUT2D eigenvalue weighted by molar-refractivity contribution is 0.194. The van der Waals surface area contributed by atoms with Gasteiger partial charge in [0.1, 0.15) is 5.82 Å². The van der Waals surface area contributed by atoms with Crippen LogP contribution in [0.25, 0.3) is 17.3 Å². The van der Waals surface area contributed by atoms with E-state index in [1.807, 2.05) is 55.5 Å². The summed E-state index contributed by atoms with van der Waals surface area (Å²) in [6.45, 7) is 1.90. The Labute approximate surface area is 217 Å². The minimum atomic E-state index is -0.574. The normalized spacial score (nSPS) is 14.8. The number of halogens is 2. The number of amides is 1. The van der Waals surface area contributed by atoms with Crippen molar-refractivity contribution in [2.24, 2.45) is 0 Å². The average molecular weight is 520 g/mol. The standard InChI is InChI=1S/C28H23ClFN3O2S/c1-18(20-5-3-2-4-6-20)31-28(34)35-27-25-17-36-16-21(15-19-7-11-23(30)12-8-19)26(25)33(32-27)24-13-9-22(29)10-14-24/h2-15,18H,16-17H2,1H3,(H,31,34)/b21-15+/t18-/m1/s1. The van der Waals surface area contributed by atoms with E-state index in [2.05, 4.69) is 5.32 Å². The fourth-order valence-electron chi connectivity index (χ4n) is 4.06. The SMILES string of the molecule is C[C@@H](NC(=O)Oc1nn(-c2ccc(Cl)cc2)c2c1CSC/C2=C\c1ccc(F)cc1)c1ccccc1. The number of fused-ring (bicyclic) bond motifs is 1. The number of aromatic nitrogens is 2. The van der Waals surface area contributed by atoms with E-state index < -0.39 is 6.09 Å². The quantitative estimate of drug-likeness (QED) is 0.300. The minimum Gasteiger partial charge on any atom is -0.389 e. The Morgan fingerprint density at radius 2 is 1.81 bits per heavy atom. The van der Waals surface area contributed by atoms with Crippen LogP contribution in [-0.2, 0) is 5.75 Å². The lowest BCUT2D eigenvalue weighted by Crippen LogP contribution is -2.30. The fraction of sp³-hybridized carbons (Fsp3) is 0.143. The van der Waals surface area contributed by atoms with Gasteiger partial charge in [-0.15, -0.1) is 5.10 Å². The summed E-state index contributed by atoms with van der Waals surface area (Å²) in [6.07, 6.45) is 1.44. The Balaban J connectivity index is 1.51. The van der Waals surface area contributed by atoms with E-state index in [4.69, 9.17) is 21.4 Å². The van der Waals surface area contributed by atoms with Crippen molar-refractivity contribution in [3.05, 3.63) is 112 Å². The van der Waals surface area contributed by atoms with Gasteiger partial charge < -0.3 is 10.1 Å². The predicted molar refractivity (Wildman–Crippen MR) is 143 cm³/mol. The summed E-state index contributed by atoms with van der Waals surface area (Å²) >= 11 is 7.81. The number of benzene rings is 3. The van der Waals surface area contributed by atoms with E-state index in [1.54, 1.807) is 40.7 Å². The Bertz CT molecular complexity index is 1400. The van der Waals surface area contributed by atoms with Crippen LogP contribution in [-0.4, -0.2) is 21.6 Å². The number of carbonyl (C=O) groups excluding carboxylic acids is 1. The highest BCUT2D eigenvalue weighted by Gasteiger charge is 2.28. The van der Waals surface area contributed by atoms with Gasteiger partial charge in [0.25, 0.3) is 0 Å². The lowest BCUT2D eigenvalue weighted by Gasteiger charge is -2.18. The zero-order valence-corrected chi connectivity index (χ0v) is 21.0. The van der Waals surface area contributed by atoms with Gasteiger partial charge in [0, 0.05) is 16.5 Å². The van der Waals surface area contributed by atoms with Crippen LogP contribution in [0.4, 0.5) is 9.18 Å². The molecule has 1 atom stereocenters. The van der Waals surface area contributed by atoms with Gasteiger partial charge in [-0.25, -0.2) is 13.9 Å². The van der Waals surface area contributed by atoms with Crippen LogP contribution >= 0.6 is 23.4 Å². The van der Waals surface area contributed by atoms with Crippen molar-refractivity contribution in [2.75, 3.05) is 5.75 Å². The van der Waals surface area contributed by atoms with E-state index in [0.717, 1.165) is 39.4 Å². The molecule has 36 heavy (non-hydrogen) atoms. The molecule has 0 fully saturated rings. The summed E-state index contributed by atoms with van der Waals surface area (Å²) in [6, 6.07) is 23.1. The number of nitrogens with zero attached hydrogens (tertiary/aromatic N) is 2. The number of hydrogen-bond donors (Lipinski definition) is 1. The topological polar surface area (TPSA) is 56.1 Å². The van der Waals surface area contributed by atoms with Crippen LogP contribution in [0.2, 0.25) is 5.02 Å². The highest BCUT2D eigenvalue weighted by Crippen LogP contribution is 2.40. The number of carbonyl (C=O) groups is 1. The van der Waals surface area contributed by atoms with E-state index in [9.17, 15) is 9.18 Å². The third-order valence-electron chi connectivity index (χ3n) is 5.86. The van der Waals surface area contributed by atoms with E-state index in [0.29, 0.717) is 10.8 Å². The first kappa shape index (κ1) is 24.2. The summed E-state index contributed by atoms with van der Waals surface area (Å²) in [4.78, 5) is 12.8. The van der Waals surface area contributed by atoms with Crippen molar-refractivity contribution in [2.45, 2.75) is 18.7 Å². The largest absolute Gasteiger partial charge is 0.414 e. The summed E-state index contributed by atoms with van der Waals surface area (Å²) in [7, 11) is 0. The van der Waals surface area contributed by atoms with Crippen molar-refractivity contribution in [3.8, 4) is 11.6 Å². The number of hydrogen-bond acceptors (Lipinski definition) is 4. The zero-order chi connectivity index (χ0) is 25.1. The second kappa shape index (κ2) is 10.6. The van der Waals surface area contributed by atoms with Gasteiger partial charge in [-0.3, -0.25) is 0 Å². The molecule has 0 saturated heterocycles. The molecule has 0 unspecified atom stereocenters. The van der Waals surface area contributed by atoms with E-state index in [-0.39, 0.29) is 17.7 Å². The zero-order valence-electron chi connectivity index (χ0n) is 19.4. The van der Waals surface area contributed by atoms with Crippen molar-refractivity contribution >= 4 is 41.1 Å². The maximum absolute atomic E-state index is 13.4. The van der Waals surface area contributed by atoms with Gasteiger partial charge in [-0.1, -0.05) is 54.1 Å². The maximum Gasteiger partial charge on any atom is 0.414 e. The summed E-state index contributed by atoms with van der Waals surface area (Å²) in [5.41, 5.74) is 5.34. The van der Waals surface area contributed by atoms with Crippen molar-refractivity contribution in [1.29, 1.82) is 0 Å². The fourth-order valence-corrected chi connectivity index (χ4v) is 5.19. The van der Waals surface area contributed by atoms with Gasteiger partial charge in [-0.05, 0) is 66.1 Å². The summed E-state index contributed by atoms with van der Waals surface area (Å²) in [5.74, 6) is 1.35. The molecule has 1 aromatic heterocycles. The van der Waals surface area contributed by atoms with Crippen molar-refractivity contribution < 1.29 is 13.9 Å². The highest BCUT2D eigenvalue weighted by molar-refractivity contribution is 7.99. The molecule has 0 radical (unpaired) electrons. The molecule has 2 heterocycles. The molecule has 4 aromatic rings. The number of ether oxygens (including phenoxy) is 1. The predicted octanol–water partition coefficient (Wildman–Crippen LogP) is 7.30. The van der Waals surface area contributed by atoms with Crippen LogP contribution < -0.4 is 10.1 Å². The van der Waals surface area contributed by atoms with Crippen LogP contribution in [0.15, 0.2) is 78.9 Å². The molecule has 0 bridgehead atoms. The van der Waals surface area contributed by atoms with Gasteiger partial charge in [0.05, 0.1) is 23.0 Å². The molecule has 182 valence electrons. The first-order chi connectivity index (χ1) is 17.5. The van der Waals surface area contributed by atoms with Gasteiger partial charge in [0.2, 0.25) is 5.88 Å². The van der Waals surface area contributed by atoms with Crippen LogP contribution in [0.1, 0.15) is 35.3 Å². The van der Waals surface area contributed by atoms with Crippen LogP contribution in [0.3, 0.4) is 0 Å². The van der Waals surface area contributed by atoms with Gasteiger partial charge in [0.15, 0.2) is 0 Å². The molecule has 3 aromatic carbocycles. The molecular weight excluding hydrogens is 497 g/mol. The van der Waals surface area contributed by atoms with Crippen molar-refractivity contribution in [1.82, 2.24) is 15.1 Å². The molecule has 1 amide bonds. The highest BCUT2D eigenvalue weighted by atomic mass is 35.5. The third-order valence-corrected chi connectivity index (χ3v) is 7.12. The monoisotopic (exact) mass is 519 g/mol. The first-order valence-corrected chi connectivity index (χ1v) is 13.0. The molecular formula is C28H23ClFN3O2S. The molecule has 1 aliphatic rings. The van der Waals surface area contributed by atoms with Gasteiger partial charge in [-0.2, -0.15) is 11.8 Å². The lowest BCUT2D eigenvalue weighted by atomic mass is 10.1. The molecule has 5 nitrogen and oxygen atoms in total. The Kier molecular flexibility index (Phi) is 7.11. The van der Waals surface area contributed by atoms with E-state index in [1.165, 1.54) is 12.1 Å². The summed E-state index contributed by atoms with van der Waals surface area (Å²) in [5, 5.41) is 8.19. The number of rotatable bonds is 5. The third kappa shape index (κ3) is 5.32. The van der Waals surface area contributed by atoms with Gasteiger partial charge >= 0.3 is 6.09 Å². The first-order valence-electron chi connectivity index (χ1n) is 11.4. The number of nitrogens with one attached hydrogen (secondary N) is 1. The van der Waals surface area contributed by atoms with Crippen LogP contribution in [0.5, 0.6) is 5.88 Å². The second-order valence-electron chi connectivity index (χ2n) is 8.40. The maximum atomic E-state index is 13.4. The molecule has 0 aliphatic carbocycles. The molecule has 1 N–H and O–H groups in total. The Morgan fingerprint density at radius 1 is 1.08 bits per heavy atom. The molecule has 0 saturated carbocycles. The molecule has 8 heteroatoms.